The van der Waals surface area contributed by atoms with E-state index < -0.39 is 0 Å². The van der Waals surface area contributed by atoms with Crippen LogP contribution in [0, 0.1) is 0 Å². The number of nitrogens with zero attached hydrogens (tertiary/aromatic N) is 2. The summed E-state index contributed by atoms with van der Waals surface area (Å²) in [6, 6.07) is 21.2. The van der Waals surface area contributed by atoms with Gasteiger partial charge < -0.3 is 0 Å². The fourth-order valence-electron chi connectivity index (χ4n) is 1.74. The fraction of sp³-hybridized carbons (Fsp3) is 0.143. The van der Waals surface area contributed by atoms with Crippen LogP contribution >= 0.6 is 43.9 Å². The van der Waals surface area contributed by atoms with E-state index in [0.29, 0.717) is 0 Å². The van der Waals surface area contributed by atoms with E-state index in [1.807, 2.05) is 0 Å². The molecular formula is C14H14N2S4. The molecule has 1 aliphatic heterocycles. The normalized spacial score (nSPS) is 17.2. The van der Waals surface area contributed by atoms with Crippen molar-refractivity contribution in [2.45, 2.75) is 13.1 Å². The monoisotopic (exact) mass is 338 g/mol. The predicted octanol–water partition coefficient (Wildman–Crippen LogP) is 5.43. The van der Waals surface area contributed by atoms with Gasteiger partial charge in [-0.2, -0.15) is 7.42 Å². The Balaban J connectivity index is 1.47. The molecule has 0 spiro atoms. The van der Waals surface area contributed by atoms with Crippen LogP contribution < -0.4 is 0 Å². The van der Waals surface area contributed by atoms with Crippen molar-refractivity contribution in [3.8, 4) is 0 Å². The molecular weight excluding hydrogens is 324 g/mol. The quantitative estimate of drug-likeness (QED) is 0.538. The molecule has 0 saturated carbocycles. The van der Waals surface area contributed by atoms with Crippen LogP contribution in [0.2, 0.25) is 0 Å². The van der Waals surface area contributed by atoms with Gasteiger partial charge in [0.25, 0.3) is 0 Å². The summed E-state index contributed by atoms with van der Waals surface area (Å²) in [7, 11) is 7.21. The van der Waals surface area contributed by atoms with E-state index >= 15 is 0 Å². The summed E-state index contributed by atoms with van der Waals surface area (Å²) < 4.78 is 4.62. The highest BCUT2D eigenvalue weighted by atomic mass is 33.2. The average molecular weight is 339 g/mol. The van der Waals surface area contributed by atoms with E-state index in [-0.39, 0.29) is 0 Å². The van der Waals surface area contributed by atoms with E-state index in [0.717, 1.165) is 13.1 Å². The Kier molecular flexibility index (Phi) is 5.64. The van der Waals surface area contributed by atoms with E-state index in [1.165, 1.54) is 11.1 Å². The van der Waals surface area contributed by atoms with Crippen LogP contribution in [0.4, 0.5) is 0 Å². The standard InChI is InChI=1S/C14H14N2S4/c1-3-7-13(8-4-1)11-15-17-19-16(20-18-15)12-14-9-5-2-6-10-14/h1-10H,11-12H2. The number of hydrogen-bond acceptors (Lipinski definition) is 6. The molecule has 0 aromatic heterocycles. The van der Waals surface area contributed by atoms with Gasteiger partial charge in [-0.25, -0.2) is 0 Å². The lowest BCUT2D eigenvalue weighted by Crippen LogP contribution is -2.13. The fourth-order valence-corrected chi connectivity index (χ4v) is 7.34. The molecule has 2 nitrogen and oxygen atoms in total. The minimum atomic E-state index is 0.968. The van der Waals surface area contributed by atoms with Gasteiger partial charge in [-0.3, -0.25) is 0 Å². The van der Waals surface area contributed by atoms with Crippen LogP contribution in [-0.4, -0.2) is 7.42 Å². The first kappa shape index (κ1) is 14.7. The van der Waals surface area contributed by atoms with E-state index in [9.17, 15) is 0 Å². The summed E-state index contributed by atoms with van der Waals surface area (Å²) in [5, 5.41) is 0. The summed E-state index contributed by atoms with van der Waals surface area (Å²) >= 11 is 0. The Bertz CT molecular complexity index is 466. The number of benzene rings is 2. The Morgan fingerprint density at radius 3 is 1.25 bits per heavy atom. The molecule has 0 N–H and O–H groups in total. The first-order chi connectivity index (χ1) is 9.90. The van der Waals surface area contributed by atoms with Crippen molar-refractivity contribution in [2.75, 3.05) is 0 Å². The zero-order valence-electron chi connectivity index (χ0n) is 10.7. The van der Waals surface area contributed by atoms with Crippen LogP contribution in [0.5, 0.6) is 0 Å². The van der Waals surface area contributed by atoms with Gasteiger partial charge in [0.2, 0.25) is 0 Å². The maximum Gasteiger partial charge on any atom is 0.0470 e. The molecule has 0 aliphatic carbocycles. The van der Waals surface area contributed by atoms with Crippen molar-refractivity contribution in [1.82, 2.24) is 7.42 Å². The molecule has 1 fully saturated rings. The second-order valence-corrected chi connectivity index (χ2v) is 8.86. The lowest BCUT2D eigenvalue weighted by atomic mass is 10.2. The molecule has 0 radical (unpaired) electrons. The topological polar surface area (TPSA) is 6.48 Å². The molecule has 104 valence electrons. The third-order valence-electron chi connectivity index (χ3n) is 2.71. The van der Waals surface area contributed by atoms with Crippen LogP contribution in [0.15, 0.2) is 60.7 Å². The van der Waals surface area contributed by atoms with E-state index in [2.05, 4.69) is 68.1 Å². The van der Waals surface area contributed by atoms with Crippen molar-refractivity contribution in [2.24, 2.45) is 0 Å². The van der Waals surface area contributed by atoms with E-state index in [4.69, 9.17) is 0 Å². The van der Waals surface area contributed by atoms with Gasteiger partial charge >= 0.3 is 0 Å². The van der Waals surface area contributed by atoms with Gasteiger partial charge in [0.1, 0.15) is 0 Å². The molecule has 0 amide bonds. The Hall–Kier alpha value is -0.240. The summed E-state index contributed by atoms with van der Waals surface area (Å²) in [6.07, 6.45) is 0. The third kappa shape index (κ3) is 4.38. The van der Waals surface area contributed by atoms with Crippen molar-refractivity contribution < 1.29 is 0 Å². The van der Waals surface area contributed by atoms with Crippen LogP contribution in [0.3, 0.4) is 0 Å². The Morgan fingerprint density at radius 1 is 0.550 bits per heavy atom. The molecule has 0 atom stereocenters. The van der Waals surface area contributed by atoms with Crippen LogP contribution in [0.25, 0.3) is 0 Å². The molecule has 0 unspecified atom stereocenters. The summed E-state index contributed by atoms with van der Waals surface area (Å²) in [4.78, 5) is 0. The summed E-state index contributed by atoms with van der Waals surface area (Å²) in [6.45, 7) is 1.94. The van der Waals surface area contributed by atoms with Gasteiger partial charge in [-0.05, 0) is 11.1 Å². The van der Waals surface area contributed by atoms with Crippen molar-refractivity contribution in [1.29, 1.82) is 0 Å². The maximum absolute atomic E-state index is 2.31. The molecule has 0 bridgehead atoms. The van der Waals surface area contributed by atoms with Gasteiger partial charge in [-0.15, -0.1) is 0 Å². The minimum Gasteiger partial charge on any atom is -0.169 e. The number of rotatable bonds is 4. The second kappa shape index (κ2) is 7.68. The van der Waals surface area contributed by atoms with Crippen molar-refractivity contribution in [3.05, 3.63) is 71.8 Å². The first-order valence-corrected chi connectivity index (χ1v) is 10.4. The molecule has 1 heterocycles. The highest BCUT2D eigenvalue weighted by Gasteiger charge is 2.21. The largest absolute Gasteiger partial charge is 0.169 e. The highest BCUT2D eigenvalue weighted by molar-refractivity contribution is 8.88. The van der Waals surface area contributed by atoms with Gasteiger partial charge in [0, 0.05) is 57.0 Å². The van der Waals surface area contributed by atoms with Crippen molar-refractivity contribution in [3.63, 3.8) is 0 Å². The van der Waals surface area contributed by atoms with Crippen LogP contribution in [-0.2, 0) is 13.1 Å². The third-order valence-corrected chi connectivity index (χ3v) is 8.61. The summed E-state index contributed by atoms with van der Waals surface area (Å²) in [5.74, 6) is 0. The van der Waals surface area contributed by atoms with Gasteiger partial charge in [-0.1, -0.05) is 60.7 Å². The van der Waals surface area contributed by atoms with Crippen molar-refractivity contribution >= 4 is 43.9 Å². The number of hydrogen-bond donors (Lipinski definition) is 0. The maximum atomic E-state index is 2.31. The summed E-state index contributed by atoms with van der Waals surface area (Å²) in [5.41, 5.74) is 2.70. The molecule has 1 aliphatic rings. The Morgan fingerprint density at radius 2 is 0.900 bits per heavy atom. The molecule has 6 heteroatoms. The molecule has 1 saturated heterocycles. The first-order valence-electron chi connectivity index (χ1n) is 6.22. The van der Waals surface area contributed by atoms with Gasteiger partial charge in [0.15, 0.2) is 0 Å². The predicted molar refractivity (Wildman–Crippen MR) is 94.3 cm³/mol. The SMILES string of the molecule is c1ccc(CN2SSN(Cc3ccccc3)SS2)cc1. The minimum absolute atomic E-state index is 0.968. The lowest BCUT2D eigenvalue weighted by molar-refractivity contribution is 0.731. The average Bonchev–Trinajstić information content (AvgIpc) is 2.51. The Labute approximate surface area is 136 Å². The van der Waals surface area contributed by atoms with Gasteiger partial charge in [0.05, 0.1) is 0 Å². The van der Waals surface area contributed by atoms with Crippen LogP contribution in [0.1, 0.15) is 11.1 Å². The zero-order chi connectivity index (χ0) is 13.6. The zero-order valence-corrected chi connectivity index (χ0v) is 14.0. The molecule has 3 rings (SSSR count). The highest BCUT2D eigenvalue weighted by Crippen LogP contribution is 2.52. The van der Waals surface area contributed by atoms with E-state index in [1.54, 1.807) is 43.9 Å². The second-order valence-electron chi connectivity index (χ2n) is 4.25. The molecule has 2 aromatic rings. The molecule has 20 heavy (non-hydrogen) atoms. The molecule has 2 aromatic carbocycles. The lowest BCUT2D eigenvalue weighted by Gasteiger charge is -2.29. The smallest absolute Gasteiger partial charge is 0.0470 e.